The number of H-pyrrole nitrogens is 1. The predicted molar refractivity (Wildman–Crippen MR) is 59.5 cm³/mol. The molecule has 5 nitrogen and oxygen atoms in total. The van der Waals surface area contributed by atoms with Crippen LogP contribution in [0.2, 0.25) is 0 Å². The van der Waals surface area contributed by atoms with Crippen LogP contribution < -0.4 is 5.56 Å². The smallest absolute Gasteiger partial charge is 0.300 e. The Kier molecular flexibility index (Phi) is 3.66. The van der Waals surface area contributed by atoms with E-state index in [2.05, 4.69) is 4.98 Å². The number of fused-ring (bicyclic) bond motifs is 1. The zero-order valence-electron chi connectivity index (χ0n) is 8.60. The molecule has 1 aromatic heterocycles. The van der Waals surface area contributed by atoms with Crippen LogP contribution in [-0.4, -0.2) is 21.2 Å². The molecule has 2 aromatic rings. The van der Waals surface area contributed by atoms with Crippen LogP contribution in [0.3, 0.4) is 0 Å². The maximum absolute atomic E-state index is 10.9. The van der Waals surface area contributed by atoms with Gasteiger partial charge in [-0.25, -0.2) is 0 Å². The molecule has 0 amide bonds. The summed E-state index contributed by atoms with van der Waals surface area (Å²) in [5.74, 6) is -0.731. The largest absolute Gasteiger partial charge is 0.506 e. The summed E-state index contributed by atoms with van der Waals surface area (Å²) in [5.41, 5.74) is 0.286. The summed E-state index contributed by atoms with van der Waals surface area (Å²) < 4.78 is 0. The van der Waals surface area contributed by atoms with Crippen LogP contribution in [0, 0.1) is 0 Å². The molecule has 0 aliphatic rings. The Morgan fingerprint density at radius 2 is 1.88 bits per heavy atom. The average molecular weight is 221 g/mol. The highest BCUT2D eigenvalue weighted by atomic mass is 16.4. The van der Waals surface area contributed by atoms with E-state index in [1.54, 1.807) is 12.1 Å². The molecule has 0 aliphatic heterocycles. The molecule has 0 spiro atoms. The molecule has 0 unspecified atom stereocenters. The maximum Gasteiger partial charge on any atom is 0.300 e. The summed E-state index contributed by atoms with van der Waals surface area (Å²) in [7, 11) is 0. The van der Waals surface area contributed by atoms with Crippen molar-refractivity contribution in [3.63, 3.8) is 0 Å². The normalized spacial score (nSPS) is 9.31. The van der Waals surface area contributed by atoms with Gasteiger partial charge >= 0.3 is 0 Å². The molecule has 0 aliphatic carbocycles. The maximum atomic E-state index is 10.9. The number of aromatic amines is 1. The molecule has 0 fully saturated rings. The fourth-order valence-electron chi connectivity index (χ4n) is 1.16. The number of para-hydroxylation sites is 1. The first-order valence-electron chi connectivity index (χ1n) is 4.51. The molecule has 84 valence electrons. The lowest BCUT2D eigenvalue weighted by molar-refractivity contribution is -0.134. The number of phenolic OH excluding ortho intramolecular Hbond substituents is 1. The second-order valence-electron chi connectivity index (χ2n) is 3.08. The minimum Gasteiger partial charge on any atom is -0.506 e. The number of hydrogen-bond donors (Lipinski definition) is 3. The van der Waals surface area contributed by atoms with Gasteiger partial charge in [0.1, 0.15) is 5.75 Å². The fraction of sp³-hybridized carbons (Fsp3) is 0.0909. The van der Waals surface area contributed by atoms with E-state index < -0.39 is 5.97 Å². The van der Waals surface area contributed by atoms with Crippen LogP contribution in [0.4, 0.5) is 0 Å². The number of aliphatic carboxylic acids is 1. The van der Waals surface area contributed by atoms with E-state index in [1.165, 1.54) is 12.1 Å². The van der Waals surface area contributed by atoms with Crippen LogP contribution in [0.1, 0.15) is 6.92 Å². The lowest BCUT2D eigenvalue weighted by Crippen LogP contribution is -2.01. The Morgan fingerprint density at radius 1 is 1.25 bits per heavy atom. The number of carbonyl (C=O) groups is 1. The van der Waals surface area contributed by atoms with Crippen LogP contribution in [0.25, 0.3) is 10.9 Å². The van der Waals surface area contributed by atoms with Gasteiger partial charge in [0.2, 0.25) is 5.56 Å². The van der Waals surface area contributed by atoms with Crippen molar-refractivity contribution in [2.45, 2.75) is 6.92 Å². The minimum absolute atomic E-state index is 0.102. The molecule has 0 saturated carbocycles. The van der Waals surface area contributed by atoms with Crippen LogP contribution >= 0.6 is 0 Å². The van der Waals surface area contributed by atoms with Crippen molar-refractivity contribution in [2.24, 2.45) is 0 Å². The second-order valence-corrected chi connectivity index (χ2v) is 3.08. The number of benzene rings is 1. The summed E-state index contributed by atoms with van der Waals surface area (Å²) in [4.78, 5) is 22.4. The van der Waals surface area contributed by atoms with Gasteiger partial charge in [0.15, 0.2) is 0 Å². The molecule has 5 heteroatoms. The molecule has 1 aromatic carbocycles. The van der Waals surface area contributed by atoms with Gasteiger partial charge in [-0.2, -0.15) is 0 Å². The van der Waals surface area contributed by atoms with Crippen LogP contribution in [-0.2, 0) is 4.79 Å². The summed E-state index contributed by atoms with van der Waals surface area (Å²) in [5, 5.41) is 17.6. The zero-order valence-corrected chi connectivity index (χ0v) is 8.60. The summed E-state index contributed by atoms with van der Waals surface area (Å²) >= 11 is 0. The third-order valence-electron chi connectivity index (χ3n) is 1.74. The molecule has 2 rings (SSSR count). The number of aromatic hydroxyl groups is 1. The third kappa shape index (κ3) is 3.13. The first kappa shape index (κ1) is 11.8. The van der Waals surface area contributed by atoms with Crippen molar-refractivity contribution in [1.82, 2.24) is 4.98 Å². The van der Waals surface area contributed by atoms with Crippen molar-refractivity contribution in [3.05, 3.63) is 40.7 Å². The van der Waals surface area contributed by atoms with Crippen LogP contribution in [0.5, 0.6) is 5.75 Å². The summed E-state index contributed by atoms with van der Waals surface area (Å²) in [6.45, 7) is 1.08. The van der Waals surface area contributed by atoms with E-state index in [1.807, 2.05) is 6.07 Å². The van der Waals surface area contributed by atoms with Crippen LogP contribution in [0.15, 0.2) is 35.1 Å². The highest BCUT2D eigenvalue weighted by molar-refractivity contribution is 5.83. The number of carboxylic acid groups (broad SMARTS) is 1. The standard InChI is InChI=1S/C9H7NO2.C2H4O2/c11-7-3-1-2-6-4-5-8(12)10-9(6)7;1-2(3)4/h1-5,11H,(H,10,12);1H3,(H,3,4). The number of aromatic nitrogens is 1. The molecular formula is C11H11NO4. The van der Waals surface area contributed by atoms with E-state index in [-0.39, 0.29) is 11.3 Å². The van der Waals surface area contributed by atoms with E-state index in [9.17, 15) is 9.90 Å². The molecule has 1 heterocycles. The molecule has 0 atom stereocenters. The number of nitrogens with one attached hydrogen (secondary N) is 1. The topological polar surface area (TPSA) is 90.4 Å². The van der Waals surface area contributed by atoms with E-state index in [0.717, 1.165) is 12.3 Å². The summed E-state index contributed by atoms with van der Waals surface area (Å²) in [6.07, 6.45) is 0. The van der Waals surface area contributed by atoms with Crippen molar-refractivity contribution in [2.75, 3.05) is 0 Å². The van der Waals surface area contributed by atoms with Gasteiger partial charge in [0.05, 0.1) is 5.52 Å². The van der Waals surface area contributed by atoms with Gasteiger partial charge in [-0.3, -0.25) is 9.59 Å². The lowest BCUT2D eigenvalue weighted by Gasteiger charge is -1.97. The Balaban J connectivity index is 0.000000280. The quantitative estimate of drug-likeness (QED) is 0.625. The minimum atomic E-state index is -0.833. The molecule has 3 N–H and O–H groups in total. The van der Waals surface area contributed by atoms with Crippen molar-refractivity contribution in [1.29, 1.82) is 0 Å². The Morgan fingerprint density at radius 3 is 2.50 bits per heavy atom. The summed E-state index contributed by atoms with van der Waals surface area (Å²) in [6, 6.07) is 8.20. The number of hydrogen-bond acceptors (Lipinski definition) is 3. The molecule has 0 bridgehead atoms. The average Bonchev–Trinajstić information content (AvgIpc) is 2.18. The van der Waals surface area contributed by atoms with Crippen molar-refractivity contribution < 1.29 is 15.0 Å². The Bertz CT molecular complexity index is 555. The van der Waals surface area contributed by atoms with Gasteiger partial charge in [-0.05, 0) is 12.1 Å². The predicted octanol–water partition coefficient (Wildman–Crippen LogP) is 1.32. The zero-order chi connectivity index (χ0) is 12.1. The number of phenols is 1. The van der Waals surface area contributed by atoms with E-state index in [0.29, 0.717) is 5.52 Å². The van der Waals surface area contributed by atoms with E-state index in [4.69, 9.17) is 9.90 Å². The lowest BCUT2D eigenvalue weighted by atomic mass is 10.2. The Hall–Kier alpha value is -2.30. The van der Waals surface area contributed by atoms with Gasteiger partial charge in [0, 0.05) is 18.4 Å². The van der Waals surface area contributed by atoms with Gasteiger partial charge in [0.25, 0.3) is 5.97 Å². The van der Waals surface area contributed by atoms with Gasteiger partial charge < -0.3 is 15.2 Å². The number of rotatable bonds is 0. The van der Waals surface area contributed by atoms with Gasteiger partial charge in [-0.1, -0.05) is 12.1 Å². The molecular weight excluding hydrogens is 210 g/mol. The fourth-order valence-corrected chi connectivity index (χ4v) is 1.16. The molecule has 16 heavy (non-hydrogen) atoms. The molecule has 0 radical (unpaired) electrons. The highest BCUT2D eigenvalue weighted by Crippen LogP contribution is 2.19. The number of pyridine rings is 1. The van der Waals surface area contributed by atoms with Crippen molar-refractivity contribution in [3.8, 4) is 5.75 Å². The third-order valence-corrected chi connectivity index (χ3v) is 1.74. The second kappa shape index (κ2) is 4.97. The number of carboxylic acids is 1. The Labute approximate surface area is 91.0 Å². The first-order chi connectivity index (χ1) is 7.50. The van der Waals surface area contributed by atoms with E-state index >= 15 is 0 Å². The SMILES string of the molecule is CC(=O)O.O=c1ccc2cccc(O)c2[nH]1. The van der Waals surface area contributed by atoms with Gasteiger partial charge in [-0.15, -0.1) is 0 Å². The first-order valence-corrected chi connectivity index (χ1v) is 4.51. The van der Waals surface area contributed by atoms with Crippen molar-refractivity contribution >= 4 is 16.9 Å². The highest BCUT2D eigenvalue weighted by Gasteiger charge is 1.97. The monoisotopic (exact) mass is 221 g/mol. The molecule has 0 saturated heterocycles.